The van der Waals surface area contributed by atoms with E-state index in [-0.39, 0.29) is 6.42 Å². The largest absolute Gasteiger partial charge is 0.389 e. The van der Waals surface area contributed by atoms with Crippen molar-refractivity contribution in [1.29, 1.82) is 0 Å². The van der Waals surface area contributed by atoms with Gasteiger partial charge in [-0.1, -0.05) is 0 Å². The fourth-order valence-electron chi connectivity index (χ4n) is 1.95. The van der Waals surface area contributed by atoms with Gasteiger partial charge in [0.2, 0.25) is 5.95 Å². The molecule has 2 N–H and O–H groups in total. The number of aromatic nitrogens is 2. The van der Waals surface area contributed by atoms with Crippen LogP contribution < -0.4 is 5.73 Å². The van der Waals surface area contributed by atoms with Crippen LogP contribution in [-0.2, 0) is 6.54 Å². The molecule has 0 spiro atoms. The number of fused-ring (bicyclic) bond motifs is 1. The number of rotatable bonds is 4. The zero-order valence-corrected chi connectivity index (χ0v) is 12.2. The summed E-state index contributed by atoms with van der Waals surface area (Å²) in [5.41, 5.74) is 7.44. The highest BCUT2D eigenvalue weighted by atomic mass is 127. The Labute approximate surface area is 122 Å². The number of alkyl halides is 3. The Morgan fingerprint density at radius 1 is 1.26 bits per heavy atom. The number of aryl methyl sites for hydroxylation is 1. The molecular formula is C12H13F3IN3. The molecule has 2 rings (SSSR count). The smallest absolute Gasteiger partial charge is 0.369 e. The SMILES string of the molecule is Nc1nc2cc(I)ccc2n1CCCCC(F)(F)F. The molecule has 104 valence electrons. The summed E-state index contributed by atoms with van der Waals surface area (Å²) in [5, 5.41) is 0. The van der Waals surface area contributed by atoms with E-state index >= 15 is 0 Å². The third kappa shape index (κ3) is 3.74. The molecule has 0 saturated carbocycles. The minimum atomic E-state index is -4.08. The maximum absolute atomic E-state index is 12.1. The summed E-state index contributed by atoms with van der Waals surface area (Å²) in [5.74, 6) is 0.351. The van der Waals surface area contributed by atoms with Gasteiger partial charge in [-0.25, -0.2) is 4.98 Å². The van der Waals surface area contributed by atoms with Gasteiger partial charge in [-0.2, -0.15) is 13.2 Å². The second kappa shape index (κ2) is 5.56. The van der Waals surface area contributed by atoms with Gasteiger partial charge in [-0.15, -0.1) is 0 Å². The van der Waals surface area contributed by atoms with Crippen LogP contribution >= 0.6 is 22.6 Å². The Hall–Kier alpha value is -0.990. The summed E-state index contributed by atoms with van der Waals surface area (Å²) in [4.78, 5) is 4.22. The van der Waals surface area contributed by atoms with Crippen LogP contribution in [0.5, 0.6) is 0 Å². The van der Waals surface area contributed by atoms with Crippen LogP contribution in [0.2, 0.25) is 0 Å². The fraction of sp³-hybridized carbons (Fsp3) is 0.417. The summed E-state index contributed by atoms with van der Waals surface area (Å²) >= 11 is 2.18. The maximum Gasteiger partial charge on any atom is 0.389 e. The Bertz CT molecular complexity index is 577. The van der Waals surface area contributed by atoms with Crippen molar-refractivity contribution in [1.82, 2.24) is 9.55 Å². The van der Waals surface area contributed by atoms with Gasteiger partial charge in [0.1, 0.15) is 0 Å². The normalized spacial score (nSPS) is 12.2. The number of anilines is 1. The Morgan fingerprint density at radius 3 is 2.68 bits per heavy atom. The molecule has 7 heteroatoms. The first-order chi connectivity index (χ1) is 8.87. The van der Waals surface area contributed by atoms with Gasteiger partial charge in [-0.3, -0.25) is 0 Å². The summed E-state index contributed by atoms with van der Waals surface area (Å²) in [6, 6.07) is 5.72. The lowest BCUT2D eigenvalue weighted by atomic mass is 10.2. The van der Waals surface area contributed by atoms with Gasteiger partial charge in [0.15, 0.2) is 0 Å². The van der Waals surface area contributed by atoms with Crippen molar-refractivity contribution < 1.29 is 13.2 Å². The topological polar surface area (TPSA) is 43.8 Å². The molecule has 2 aromatic rings. The number of hydrogen-bond acceptors (Lipinski definition) is 2. The average Bonchev–Trinajstić information content (AvgIpc) is 2.58. The summed E-state index contributed by atoms with van der Waals surface area (Å²) < 4.78 is 39.0. The Kier molecular flexibility index (Phi) is 4.22. The highest BCUT2D eigenvalue weighted by molar-refractivity contribution is 14.1. The Balaban J connectivity index is 2.06. The molecule has 1 aromatic heterocycles. The lowest BCUT2D eigenvalue weighted by Gasteiger charge is -2.08. The van der Waals surface area contributed by atoms with Crippen molar-refractivity contribution in [3.05, 3.63) is 21.8 Å². The molecule has 0 aliphatic rings. The molecule has 0 aliphatic heterocycles. The van der Waals surface area contributed by atoms with Crippen molar-refractivity contribution in [3.63, 3.8) is 0 Å². The number of benzene rings is 1. The number of hydrogen-bond donors (Lipinski definition) is 1. The first-order valence-corrected chi connectivity index (χ1v) is 6.93. The number of nitrogens with two attached hydrogens (primary N) is 1. The van der Waals surface area contributed by atoms with Crippen LogP contribution in [0.3, 0.4) is 0 Å². The number of nitrogens with zero attached hydrogens (tertiary/aromatic N) is 2. The highest BCUT2D eigenvalue weighted by Crippen LogP contribution is 2.24. The third-order valence-electron chi connectivity index (χ3n) is 2.83. The predicted octanol–water partition coefficient (Wildman–Crippen LogP) is 3.96. The second-order valence-corrected chi connectivity index (χ2v) is 5.57. The van der Waals surface area contributed by atoms with Crippen molar-refractivity contribution in [3.8, 4) is 0 Å². The van der Waals surface area contributed by atoms with Crippen molar-refractivity contribution in [2.45, 2.75) is 32.0 Å². The minimum absolute atomic E-state index is 0.104. The molecule has 0 radical (unpaired) electrons. The second-order valence-electron chi connectivity index (χ2n) is 4.33. The predicted molar refractivity (Wildman–Crippen MR) is 76.8 cm³/mol. The van der Waals surface area contributed by atoms with E-state index in [0.29, 0.717) is 18.9 Å². The van der Waals surface area contributed by atoms with E-state index in [1.54, 1.807) is 4.57 Å². The van der Waals surface area contributed by atoms with E-state index in [1.807, 2.05) is 18.2 Å². The van der Waals surface area contributed by atoms with Gasteiger partial charge >= 0.3 is 6.18 Å². The average molecular weight is 383 g/mol. The maximum atomic E-state index is 12.1. The summed E-state index contributed by atoms with van der Waals surface area (Å²) in [6.45, 7) is 0.457. The first kappa shape index (κ1) is 14.4. The van der Waals surface area contributed by atoms with E-state index in [0.717, 1.165) is 14.6 Å². The van der Waals surface area contributed by atoms with Gasteiger partial charge in [0.05, 0.1) is 11.0 Å². The van der Waals surface area contributed by atoms with E-state index in [9.17, 15) is 13.2 Å². The minimum Gasteiger partial charge on any atom is -0.369 e. The van der Waals surface area contributed by atoms with E-state index in [2.05, 4.69) is 27.6 Å². The quantitative estimate of drug-likeness (QED) is 0.642. The third-order valence-corrected chi connectivity index (χ3v) is 3.50. The monoisotopic (exact) mass is 383 g/mol. The van der Waals surface area contributed by atoms with Gasteiger partial charge < -0.3 is 10.3 Å². The van der Waals surface area contributed by atoms with Crippen LogP contribution in [0.25, 0.3) is 11.0 Å². The lowest BCUT2D eigenvalue weighted by Crippen LogP contribution is -2.08. The number of nitrogen functional groups attached to an aromatic ring is 1. The van der Waals surface area contributed by atoms with Gasteiger partial charge in [0, 0.05) is 16.5 Å². The van der Waals surface area contributed by atoms with Crippen LogP contribution in [0.1, 0.15) is 19.3 Å². The molecule has 3 nitrogen and oxygen atoms in total. The molecule has 0 atom stereocenters. The molecule has 0 fully saturated rings. The van der Waals surface area contributed by atoms with E-state index in [4.69, 9.17) is 5.73 Å². The van der Waals surface area contributed by atoms with Crippen LogP contribution in [0, 0.1) is 3.57 Å². The van der Waals surface area contributed by atoms with Gasteiger partial charge in [-0.05, 0) is 53.6 Å². The standard InChI is InChI=1S/C12H13F3IN3/c13-12(14,15)5-1-2-6-19-10-4-3-8(16)7-9(10)18-11(19)17/h3-4,7H,1-2,5-6H2,(H2,17,18). The molecule has 0 amide bonds. The molecule has 0 aliphatic carbocycles. The summed E-state index contributed by atoms with van der Waals surface area (Å²) in [6.07, 6.45) is -4.30. The van der Waals surface area contributed by atoms with E-state index < -0.39 is 12.6 Å². The fourth-order valence-corrected chi connectivity index (χ4v) is 2.43. The molecule has 1 heterocycles. The van der Waals surface area contributed by atoms with Crippen molar-refractivity contribution in [2.75, 3.05) is 5.73 Å². The molecule has 0 bridgehead atoms. The first-order valence-electron chi connectivity index (χ1n) is 5.85. The van der Waals surface area contributed by atoms with Crippen molar-refractivity contribution >= 4 is 39.6 Å². The number of halogens is 4. The number of unbranched alkanes of at least 4 members (excludes halogenated alkanes) is 1. The zero-order chi connectivity index (χ0) is 14.0. The molecule has 19 heavy (non-hydrogen) atoms. The van der Waals surface area contributed by atoms with Gasteiger partial charge in [0.25, 0.3) is 0 Å². The Morgan fingerprint density at radius 2 is 2.00 bits per heavy atom. The molecule has 1 aromatic carbocycles. The molecule has 0 saturated heterocycles. The zero-order valence-electron chi connectivity index (χ0n) is 10.0. The lowest BCUT2D eigenvalue weighted by molar-refractivity contribution is -0.135. The van der Waals surface area contributed by atoms with Crippen LogP contribution in [-0.4, -0.2) is 15.7 Å². The molecular weight excluding hydrogens is 370 g/mol. The highest BCUT2D eigenvalue weighted by Gasteiger charge is 2.25. The number of imidazole rings is 1. The molecule has 0 unspecified atom stereocenters. The van der Waals surface area contributed by atoms with E-state index in [1.165, 1.54) is 0 Å². The van der Waals surface area contributed by atoms with Crippen molar-refractivity contribution in [2.24, 2.45) is 0 Å². The van der Waals surface area contributed by atoms with Crippen LogP contribution in [0.15, 0.2) is 18.2 Å². The summed E-state index contributed by atoms with van der Waals surface area (Å²) in [7, 11) is 0. The van der Waals surface area contributed by atoms with Crippen LogP contribution in [0.4, 0.5) is 19.1 Å².